The van der Waals surface area contributed by atoms with Gasteiger partial charge in [-0.15, -0.1) is 0 Å². The number of benzene rings is 1. The summed E-state index contributed by atoms with van der Waals surface area (Å²) >= 11 is 0. The minimum atomic E-state index is -0.253. The molecule has 2 aliphatic heterocycles. The van der Waals surface area contributed by atoms with E-state index in [1.165, 1.54) is 0 Å². The van der Waals surface area contributed by atoms with Crippen LogP contribution in [0.3, 0.4) is 0 Å². The number of aromatic nitrogens is 4. The Morgan fingerprint density at radius 1 is 1.09 bits per heavy atom. The Morgan fingerprint density at radius 3 is 2.69 bits per heavy atom. The number of imidazole rings is 1. The Kier molecular flexibility index (Phi) is 7.56. The molecule has 11 heteroatoms. The van der Waals surface area contributed by atoms with Crippen molar-refractivity contribution < 1.29 is 19.1 Å². The van der Waals surface area contributed by atoms with Crippen LogP contribution >= 0.6 is 0 Å². The lowest BCUT2D eigenvalue weighted by molar-refractivity contribution is -0.127. The molecule has 3 aromatic heterocycles. The van der Waals surface area contributed by atoms with Gasteiger partial charge in [-0.2, -0.15) is 0 Å². The van der Waals surface area contributed by atoms with Crippen LogP contribution in [0.4, 0.5) is 0 Å². The van der Waals surface area contributed by atoms with Crippen LogP contribution in [-0.4, -0.2) is 75.3 Å². The highest BCUT2D eigenvalue weighted by Crippen LogP contribution is 2.48. The second-order valence-corrected chi connectivity index (χ2v) is 13.3. The van der Waals surface area contributed by atoms with E-state index >= 15 is 0 Å². The number of carbonyl (C=O) groups is 2. The predicted molar refractivity (Wildman–Crippen MR) is 172 cm³/mol. The number of pyridine rings is 1. The Morgan fingerprint density at radius 2 is 1.91 bits per heavy atom. The number of nitrogens with two attached hydrogens (primary N) is 1. The molecule has 238 valence electrons. The predicted octanol–water partition coefficient (Wildman–Crippen LogP) is 3.89. The molecule has 1 saturated heterocycles. The van der Waals surface area contributed by atoms with E-state index in [1.54, 1.807) is 7.11 Å². The fourth-order valence-electron chi connectivity index (χ4n) is 7.26. The minimum Gasteiger partial charge on any atom is -0.494 e. The molecular weight excluding hydrogens is 570 g/mol. The van der Waals surface area contributed by atoms with Crippen LogP contribution in [0.25, 0.3) is 33.6 Å². The normalized spacial score (nSPS) is 27.3. The van der Waals surface area contributed by atoms with Crippen LogP contribution in [0, 0.1) is 23.7 Å². The van der Waals surface area contributed by atoms with Gasteiger partial charge in [0.05, 0.1) is 49.2 Å². The number of amides is 2. The van der Waals surface area contributed by atoms with E-state index in [0.29, 0.717) is 60.9 Å². The third-order valence-corrected chi connectivity index (χ3v) is 10.2. The average Bonchev–Trinajstić information content (AvgIpc) is 3.31. The molecule has 4 aromatic rings. The zero-order valence-electron chi connectivity index (χ0n) is 26.7. The lowest BCUT2D eigenvalue weighted by atomic mass is 10.0. The summed E-state index contributed by atoms with van der Waals surface area (Å²) in [5.74, 6) is 2.36. The molecule has 1 unspecified atom stereocenters. The van der Waals surface area contributed by atoms with Gasteiger partial charge in [0.25, 0.3) is 5.91 Å². The number of aryl methyl sites for hydroxylation is 1. The van der Waals surface area contributed by atoms with Crippen LogP contribution in [0.5, 0.6) is 5.75 Å². The van der Waals surface area contributed by atoms with E-state index in [4.69, 9.17) is 25.2 Å². The highest BCUT2D eigenvalue weighted by atomic mass is 16.5. The van der Waals surface area contributed by atoms with Gasteiger partial charge >= 0.3 is 0 Å². The Balaban J connectivity index is 1.34. The van der Waals surface area contributed by atoms with E-state index in [1.807, 2.05) is 48.6 Å². The number of rotatable bonds is 3. The first kappa shape index (κ1) is 29.7. The lowest BCUT2D eigenvalue weighted by Crippen LogP contribution is -2.45. The molecule has 2 amide bonds. The third kappa shape index (κ3) is 5.25. The van der Waals surface area contributed by atoms with E-state index in [9.17, 15) is 9.59 Å². The van der Waals surface area contributed by atoms with Crippen molar-refractivity contribution in [2.45, 2.75) is 52.2 Å². The number of piperidine rings is 1. The maximum atomic E-state index is 13.5. The maximum Gasteiger partial charge on any atom is 0.254 e. The maximum absolute atomic E-state index is 13.5. The highest BCUT2D eigenvalue weighted by Gasteiger charge is 2.47. The molecule has 45 heavy (non-hydrogen) atoms. The molecule has 0 spiro atoms. The van der Waals surface area contributed by atoms with Crippen molar-refractivity contribution >= 4 is 33.9 Å². The second-order valence-electron chi connectivity index (χ2n) is 13.3. The fourth-order valence-corrected chi connectivity index (χ4v) is 7.26. The zero-order valence-corrected chi connectivity index (χ0v) is 26.7. The van der Waals surface area contributed by atoms with Crippen molar-refractivity contribution in [1.82, 2.24) is 29.3 Å². The van der Waals surface area contributed by atoms with Gasteiger partial charge in [-0.1, -0.05) is 13.8 Å². The van der Waals surface area contributed by atoms with Gasteiger partial charge in [0.15, 0.2) is 5.82 Å². The molecule has 3 aliphatic rings. The molecule has 7 rings (SSSR count). The molecule has 2 fully saturated rings. The third-order valence-electron chi connectivity index (χ3n) is 10.2. The molecule has 1 aromatic carbocycles. The fraction of sp³-hybridized carbons (Fsp3) is 0.529. The summed E-state index contributed by atoms with van der Waals surface area (Å²) in [6.45, 7) is 9.20. The highest BCUT2D eigenvalue weighted by molar-refractivity contribution is 6.00. The van der Waals surface area contributed by atoms with E-state index in [2.05, 4.69) is 28.9 Å². The number of fused-ring (bicyclic) bond motifs is 3. The quantitative estimate of drug-likeness (QED) is 0.359. The van der Waals surface area contributed by atoms with Crippen molar-refractivity contribution in [1.29, 1.82) is 0 Å². The minimum absolute atomic E-state index is 0.00294. The molecule has 11 nitrogen and oxygen atoms in total. The molecular formula is C34H43N7O4. The van der Waals surface area contributed by atoms with E-state index < -0.39 is 0 Å². The Hall–Kier alpha value is -3.96. The molecule has 5 heterocycles. The van der Waals surface area contributed by atoms with Crippen molar-refractivity contribution in [3.8, 4) is 17.3 Å². The largest absolute Gasteiger partial charge is 0.494 e. The van der Waals surface area contributed by atoms with Gasteiger partial charge in [0.2, 0.25) is 5.91 Å². The number of likely N-dealkylation sites (tertiary alicyclic amines) is 1. The number of methoxy groups -OCH3 is 1. The lowest BCUT2D eigenvalue weighted by Gasteiger charge is -2.30. The summed E-state index contributed by atoms with van der Waals surface area (Å²) < 4.78 is 16.2. The molecule has 0 radical (unpaired) electrons. The summed E-state index contributed by atoms with van der Waals surface area (Å²) in [7, 11) is 3.61. The topological polar surface area (TPSA) is 130 Å². The van der Waals surface area contributed by atoms with Gasteiger partial charge in [0.1, 0.15) is 16.9 Å². The Bertz CT molecular complexity index is 1790. The molecule has 3 N–H and O–H groups in total. The summed E-state index contributed by atoms with van der Waals surface area (Å²) in [6.07, 6.45) is 1.83. The van der Waals surface area contributed by atoms with Crippen LogP contribution in [0.15, 0.2) is 30.3 Å². The zero-order chi connectivity index (χ0) is 31.6. The van der Waals surface area contributed by atoms with Crippen molar-refractivity contribution in [3.05, 3.63) is 41.6 Å². The average molecular weight is 614 g/mol. The van der Waals surface area contributed by atoms with Crippen LogP contribution < -0.4 is 15.8 Å². The van der Waals surface area contributed by atoms with Gasteiger partial charge < -0.3 is 34.6 Å². The van der Waals surface area contributed by atoms with Crippen LogP contribution in [-0.2, 0) is 23.1 Å². The number of hydrogen-bond acceptors (Lipinski definition) is 7. The van der Waals surface area contributed by atoms with E-state index in [-0.39, 0.29) is 29.8 Å². The van der Waals surface area contributed by atoms with Gasteiger partial charge in [-0.25, -0.2) is 9.97 Å². The standard InChI is InChI=1S/C34H43N7O4/c1-18-16-45-17-25-19(2)24(25)15-41-28(12-21-8-9-26(37-31(21)41)20(3)36-33(18)42)32-38-27-11-22(13-29(44-5)30(27)39(32)4)34(43)40-10-6-7-23(35)14-40/h8-9,11-13,18-20,23-25H,6-7,10,14-17,35H2,1-5H3,(H,36,42)/t18-,19+,20+,23+,24-,25?/m0/s1. The number of hydrogen-bond donors (Lipinski definition) is 2. The smallest absolute Gasteiger partial charge is 0.254 e. The molecule has 2 bridgehead atoms. The molecule has 1 aliphatic carbocycles. The summed E-state index contributed by atoms with van der Waals surface area (Å²) in [4.78, 5) is 38.5. The second kappa shape index (κ2) is 11.4. The Labute approximate surface area is 263 Å². The summed E-state index contributed by atoms with van der Waals surface area (Å²) in [6, 6.07) is 9.64. The summed E-state index contributed by atoms with van der Waals surface area (Å²) in [5, 5.41) is 4.12. The van der Waals surface area contributed by atoms with Crippen molar-refractivity contribution in [3.63, 3.8) is 0 Å². The van der Waals surface area contributed by atoms with Crippen molar-refractivity contribution in [2.24, 2.45) is 36.5 Å². The van der Waals surface area contributed by atoms with Crippen LogP contribution in [0.2, 0.25) is 0 Å². The summed E-state index contributed by atoms with van der Waals surface area (Å²) in [5.41, 5.74) is 10.9. The van der Waals surface area contributed by atoms with Crippen molar-refractivity contribution in [2.75, 3.05) is 33.4 Å². The van der Waals surface area contributed by atoms with Gasteiger partial charge in [0, 0.05) is 43.7 Å². The SMILES string of the molecule is COc1cc(C(=O)N2CCC[C@@H](N)C2)cc2nc(-c3cc4ccc5nc4n3C[C@@H]3C(COC[C@H](C)C(=O)N[C@@H]5C)[C@@H]3C)n(C)c12. The van der Waals surface area contributed by atoms with Crippen LogP contribution in [0.1, 0.15) is 55.7 Å². The number of carbonyl (C=O) groups excluding carboxylic acids is 2. The van der Waals surface area contributed by atoms with Gasteiger partial charge in [-0.05, 0) is 67.9 Å². The number of nitrogens with one attached hydrogen (secondary N) is 1. The first-order valence-electron chi connectivity index (χ1n) is 16.1. The first-order chi connectivity index (χ1) is 21.6. The molecule has 1 saturated carbocycles. The number of ether oxygens (including phenoxy) is 2. The van der Waals surface area contributed by atoms with Gasteiger partial charge in [-0.3, -0.25) is 9.59 Å². The number of nitrogens with zero attached hydrogens (tertiary/aromatic N) is 5. The molecule has 6 atom stereocenters. The van der Waals surface area contributed by atoms with E-state index in [0.717, 1.165) is 53.1 Å². The first-order valence-corrected chi connectivity index (χ1v) is 16.1. The monoisotopic (exact) mass is 613 g/mol.